The van der Waals surface area contributed by atoms with Crippen LogP contribution in [-0.4, -0.2) is 91.1 Å². The molecule has 0 radical (unpaired) electrons. The minimum absolute atomic E-state index is 0.225. The number of non-ortho nitro benzene ring substituents is 1. The standard InChI is InChI=1S/C23H29N3O12/c1-13(27)35-11-20(37-15(3)29)9-24-22(31)17-6-18(8-19(7-17)26(33)34)23(32)25(5)10-21(38-16(4)30)12-36-14(2)28/h6-8,20-21H,9-12H2,1-5H3,(H,24,31). The molecule has 0 aliphatic carbocycles. The van der Waals surface area contributed by atoms with Gasteiger partial charge in [0.2, 0.25) is 0 Å². The van der Waals surface area contributed by atoms with Crippen molar-refractivity contribution in [3.8, 4) is 0 Å². The Balaban J connectivity index is 3.11. The van der Waals surface area contributed by atoms with E-state index in [0.29, 0.717) is 0 Å². The Bertz CT molecular complexity index is 1090. The maximum Gasteiger partial charge on any atom is 0.303 e. The fourth-order valence-electron chi connectivity index (χ4n) is 3.04. The van der Waals surface area contributed by atoms with Crippen LogP contribution in [0.1, 0.15) is 48.4 Å². The maximum atomic E-state index is 13.0. The van der Waals surface area contributed by atoms with Crippen molar-refractivity contribution in [3.63, 3.8) is 0 Å². The fraction of sp³-hybridized carbons (Fsp3) is 0.478. The molecule has 1 N–H and O–H groups in total. The van der Waals surface area contributed by atoms with Gasteiger partial charge < -0.3 is 29.2 Å². The van der Waals surface area contributed by atoms with Crippen LogP contribution in [0.4, 0.5) is 5.69 Å². The average molecular weight is 539 g/mol. The quantitative estimate of drug-likeness (QED) is 0.157. The molecule has 0 fully saturated rings. The second-order valence-corrected chi connectivity index (χ2v) is 7.99. The van der Waals surface area contributed by atoms with E-state index < -0.39 is 58.5 Å². The van der Waals surface area contributed by atoms with Crippen LogP contribution in [0.15, 0.2) is 18.2 Å². The third-order valence-electron chi connectivity index (χ3n) is 4.56. The molecule has 0 heterocycles. The SMILES string of the molecule is CC(=O)OCC(CNC(=O)c1cc(C(=O)N(C)CC(COC(C)=O)OC(C)=O)cc([N+](=O)[O-])c1)OC(C)=O. The lowest BCUT2D eigenvalue weighted by Gasteiger charge is -2.24. The number of nitro benzene ring substituents is 1. The summed E-state index contributed by atoms with van der Waals surface area (Å²) in [6.45, 7) is 3.37. The fourth-order valence-corrected chi connectivity index (χ4v) is 3.04. The van der Waals surface area contributed by atoms with Crippen LogP contribution in [0.25, 0.3) is 0 Å². The van der Waals surface area contributed by atoms with Gasteiger partial charge in [0.1, 0.15) is 13.2 Å². The molecule has 15 nitrogen and oxygen atoms in total. The molecule has 0 bridgehead atoms. The number of esters is 4. The third kappa shape index (κ3) is 11.5. The molecule has 1 aromatic carbocycles. The van der Waals surface area contributed by atoms with Crippen LogP contribution in [0, 0.1) is 10.1 Å². The summed E-state index contributed by atoms with van der Waals surface area (Å²) in [6, 6.07) is 3.02. The molecule has 0 spiro atoms. The van der Waals surface area contributed by atoms with E-state index in [4.69, 9.17) is 18.9 Å². The van der Waals surface area contributed by atoms with Crippen LogP contribution in [0.2, 0.25) is 0 Å². The van der Waals surface area contributed by atoms with Crippen molar-refractivity contribution in [2.75, 3.05) is 33.4 Å². The van der Waals surface area contributed by atoms with Crippen molar-refractivity contribution in [3.05, 3.63) is 39.4 Å². The summed E-state index contributed by atoms with van der Waals surface area (Å²) < 4.78 is 19.7. The number of likely N-dealkylation sites (N-methyl/N-ethyl adjacent to an activating group) is 1. The van der Waals surface area contributed by atoms with E-state index in [-0.39, 0.29) is 37.4 Å². The van der Waals surface area contributed by atoms with Crippen molar-refractivity contribution >= 4 is 41.4 Å². The van der Waals surface area contributed by atoms with Gasteiger partial charge >= 0.3 is 23.9 Å². The zero-order chi connectivity index (χ0) is 29.0. The largest absolute Gasteiger partial charge is 0.462 e. The van der Waals surface area contributed by atoms with Gasteiger partial charge in [-0.3, -0.25) is 38.9 Å². The highest BCUT2D eigenvalue weighted by molar-refractivity contribution is 6.00. The van der Waals surface area contributed by atoms with Crippen molar-refractivity contribution in [2.45, 2.75) is 39.9 Å². The summed E-state index contributed by atoms with van der Waals surface area (Å²) in [7, 11) is 1.32. The van der Waals surface area contributed by atoms with Gasteiger partial charge in [0.05, 0.1) is 18.0 Å². The minimum Gasteiger partial charge on any atom is -0.462 e. The molecule has 208 valence electrons. The van der Waals surface area contributed by atoms with E-state index in [1.807, 2.05) is 0 Å². The van der Waals surface area contributed by atoms with Gasteiger partial charge in [-0.1, -0.05) is 0 Å². The third-order valence-corrected chi connectivity index (χ3v) is 4.56. The number of rotatable bonds is 13. The Labute approximate surface area is 217 Å². The lowest BCUT2D eigenvalue weighted by Crippen LogP contribution is -2.39. The molecule has 0 saturated carbocycles. The van der Waals surface area contributed by atoms with E-state index in [0.717, 1.165) is 50.8 Å². The number of carbonyl (C=O) groups is 6. The zero-order valence-electron chi connectivity index (χ0n) is 21.5. The van der Waals surface area contributed by atoms with Gasteiger partial charge in [-0.05, 0) is 6.07 Å². The highest BCUT2D eigenvalue weighted by Gasteiger charge is 2.24. The summed E-state index contributed by atoms with van der Waals surface area (Å²) in [5, 5.41) is 13.9. The normalized spacial score (nSPS) is 11.8. The molecule has 0 saturated heterocycles. The summed E-state index contributed by atoms with van der Waals surface area (Å²) in [4.78, 5) is 82.2. The summed E-state index contributed by atoms with van der Waals surface area (Å²) in [5.74, 6) is -4.23. The second kappa shape index (κ2) is 14.9. The first-order valence-corrected chi connectivity index (χ1v) is 11.1. The highest BCUT2D eigenvalue weighted by Crippen LogP contribution is 2.19. The van der Waals surface area contributed by atoms with Gasteiger partial charge in [-0.15, -0.1) is 0 Å². The number of ether oxygens (including phenoxy) is 4. The first-order chi connectivity index (χ1) is 17.7. The molecule has 2 amide bonds. The Morgan fingerprint density at radius 1 is 0.842 bits per heavy atom. The molecule has 0 aromatic heterocycles. The molecular formula is C23H29N3O12. The van der Waals surface area contributed by atoms with Gasteiger partial charge in [0.25, 0.3) is 17.5 Å². The monoisotopic (exact) mass is 539 g/mol. The predicted octanol–water partition coefficient (Wildman–Crippen LogP) is 0.386. The van der Waals surface area contributed by atoms with Gasteiger partial charge in [-0.2, -0.15) is 0 Å². The summed E-state index contributed by atoms with van der Waals surface area (Å²) in [6.07, 6.45) is -2.04. The van der Waals surface area contributed by atoms with E-state index in [2.05, 4.69) is 5.32 Å². The number of amides is 2. The molecule has 38 heavy (non-hydrogen) atoms. The predicted molar refractivity (Wildman–Crippen MR) is 127 cm³/mol. The number of nitrogens with one attached hydrogen (secondary N) is 1. The summed E-state index contributed by atoms with van der Waals surface area (Å²) in [5.41, 5.74) is -1.03. The van der Waals surface area contributed by atoms with Crippen molar-refractivity contribution in [2.24, 2.45) is 0 Å². The number of nitrogens with zero attached hydrogens (tertiary/aromatic N) is 2. The topological polar surface area (TPSA) is 198 Å². The van der Waals surface area contributed by atoms with Gasteiger partial charge in [-0.25, -0.2) is 0 Å². The number of benzene rings is 1. The van der Waals surface area contributed by atoms with Crippen LogP contribution in [0.5, 0.6) is 0 Å². The van der Waals surface area contributed by atoms with Crippen molar-refractivity contribution < 1.29 is 52.6 Å². The number of nitro groups is 1. The molecule has 1 aromatic rings. The van der Waals surface area contributed by atoms with Gasteiger partial charge in [0.15, 0.2) is 12.2 Å². The second-order valence-electron chi connectivity index (χ2n) is 7.99. The minimum atomic E-state index is -1.03. The summed E-state index contributed by atoms with van der Waals surface area (Å²) >= 11 is 0. The molecule has 0 aliphatic rings. The van der Waals surface area contributed by atoms with Gasteiger partial charge in [0, 0.05) is 58.0 Å². The smallest absolute Gasteiger partial charge is 0.303 e. The van der Waals surface area contributed by atoms with Crippen LogP contribution >= 0.6 is 0 Å². The van der Waals surface area contributed by atoms with Crippen molar-refractivity contribution in [1.82, 2.24) is 10.2 Å². The first-order valence-electron chi connectivity index (χ1n) is 11.1. The molecule has 15 heteroatoms. The molecule has 2 unspecified atom stereocenters. The van der Waals surface area contributed by atoms with Crippen LogP contribution in [-0.2, 0) is 38.1 Å². The van der Waals surface area contributed by atoms with E-state index in [1.165, 1.54) is 7.05 Å². The Kier molecular flexibility index (Phi) is 12.3. The lowest BCUT2D eigenvalue weighted by molar-refractivity contribution is -0.384. The lowest BCUT2D eigenvalue weighted by atomic mass is 10.1. The molecule has 0 aliphatic heterocycles. The van der Waals surface area contributed by atoms with Crippen LogP contribution < -0.4 is 5.32 Å². The van der Waals surface area contributed by atoms with Crippen LogP contribution in [0.3, 0.4) is 0 Å². The maximum absolute atomic E-state index is 13.0. The zero-order valence-corrected chi connectivity index (χ0v) is 21.5. The van der Waals surface area contributed by atoms with E-state index >= 15 is 0 Å². The molecular weight excluding hydrogens is 510 g/mol. The number of hydrogen-bond acceptors (Lipinski definition) is 12. The average Bonchev–Trinajstić information content (AvgIpc) is 2.82. The number of carbonyl (C=O) groups excluding carboxylic acids is 6. The van der Waals surface area contributed by atoms with E-state index in [1.54, 1.807) is 0 Å². The molecule has 1 rings (SSSR count). The first kappa shape index (κ1) is 31.5. The molecule has 2 atom stereocenters. The number of hydrogen-bond donors (Lipinski definition) is 1. The van der Waals surface area contributed by atoms with E-state index in [9.17, 15) is 38.9 Å². The highest BCUT2D eigenvalue weighted by atomic mass is 16.6. The van der Waals surface area contributed by atoms with Crippen molar-refractivity contribution in [1.29, 1.82) is 0 Å². The Hall–Kier alpha value is -4.56. The Morgan fingerprint density at radius 3 is 1.84 bits per heavy atom. The Morgan fingerprint density at radius 2 is 1.34 bits per heavy atom.